The van der Waals surface area contributed by atoms with Crippen molar-refractivity contribution in [3.8, 4) is 0 Å². The highest BCUT2D eigenvalue weighted by Gasteiger charge is 2.30. The number of carboxylic acids is 1. The lowest BCUT2D eigenvalue weighted by Crippen LogP contribution is -2.43. The van der Waals surface area contributed by atoms with Crippen LogP contribution in [0.3, 0.4) is 0 Å². The van der Waals surface area contributed by atoms with Crippen LogP contribution in [0.5, 0.6) is 0 Å². The number of hydrogen-bond acceptors (Lipinski definition) is 3. The minimum atomic E-state index is -4.55. The zero-order valence-electron chi connectivity index (χ0n) is 14.1. The monoisotopic (exact) mass is 373 g/mol. The van der Waals surface area contributed by atoms with Gasteiger partial charge in [-0.3, -0.25) is 14.2 Å². The Kier molecular flexibility index (Phi) is 5.15. The van der Waals surface area contributed by atoms with Crippen molar-refractivity contribution in [2.24, 2.45) is 0 Å². The Bertz CT molecular complexity index is 896. The second-order valence-corrected chi connectivity index (χ2v) is 6.60. The molecule has 0 atom stereocenters. The molecule has 0 fully saturated rings. The number of aliphatic carboxylic acids is 1. The summed E-state index contributed by atoms with van der Waals surface area (Å²) >= 11 is 0. The van der Waals surface area contributed by atoms with Gasteiger partial charge in [0.2, 0.25) is 0 Å². The van der Waals surface area contributed by atoms with E-state index >= 15 is 0 Å². The maximum absolute atomic E-state index is 12.6. The minimum absolute atomic E-state index is 0.0361. The van der Waals surface area contributed by atoms with E-state index in [9.17, 15) is 27.6 Å². The molecule has 0 aliphatic rings. The van der Waals surface area contributed by atoms with Gasteiger partial charge in [0.05, 0.1) is 11.0 Å². The molecule has 0 saturated heterocycles. The van der Waals surface area contributed by atoms with Crippen molar-refractivity contribution in [2.45, 2.75) is 44.9 Å². The summed E-state index contributed by atoms with van der Waals surface area (Å²) < 4.78 is 38.3. The molecule has 2 aromatic rings. The van der Waals surface area contributed by atoms with Gasteiger partial charge in [-0.15, -0.1) is 0 Å². The van der Waals surface area contributed by atoms with Gasteiger partial charge in [0.15, 0.2) is 0 Å². The van der Waals surface area contributed by atoms with Crippen molar-refractivity contribution in [1.29, 1.82) is 0 Å². The first-order valence-electron chi connectivity index (χ1n) is 7.72. The Morgan fingerprint density at radius 1 is 1.27 bits per heavy atom. The number of nitrogens with one attached hydrogen (secondary N) is 2. The number of carbonyl (C=O) groups is 2. The van der Waals surface area contributed by atoms with Crippen LogP contribution in [0.4, 0.5) is 13.2 Å². The van der Waals surface area contributed by atoms with Crippen LogP contribution in [0.25, 0.3) is 11.0 Å². The first-order valence-corrected chi connectivity index (χ1v) is 7.72. The standard InChI is InChI=1S/C16H18F3N3O4/c1-15(2,6-5-12(23)24)21-13(25)9-3-4-11-10(7-9)20-14(26)22(11)8-16(17,18)19/h3-4,7H,5-6,8H2,1-2H3,(H,20,26)(H,21,25)(H,23,24). The number of carboxylic acid groups (broad SMARTS) is 1. The van der Waals surface area contributed by atoms with Gasteiger partial charge in [0, 0.05) is 17.5 Å². The smallest absolute Gasteiger partial charge is 0.406 e. The van der Waals surface area contributed by atoms with E-state index in [4.69, 9.17) is 5.11 Å². The predicted octanol–water partition coefficient (Wildman–Crippen LogP) is 2.27. The third-order valence-electron chi connectivity index (χ3n) is 3.79. The van der Waals surface area contributed by atoms with Gasteiger partial charge in [-0.05, 0) is 38.5 Å². The van der Waals surface area contributed by atoms with Crippen molar-refractivity contribution in [3.63, 3.8) is 0 Å². The summed E-state index contributed by atoms with van der Waals surface area (Å²) in [5.74, 6) is -1.51. The highest BCUT2D eigenvalue weighted by Crippen LogP contribution is 2.21. The fraction of sp³-hybridized carbons (Fsp3) is 0.438. The lowest BCUT2D eigenvalue weighted by molar-refractivity contribution is -0.140. The van der Waals surface area contributed by atoms with E-state index in [0.717, 1.165) is 0 Å². The predicted molar refractivity (Wildman–Crippen MR) is 87.0 cm³/mol. The molecule has 1 amide bonds. The summed E-state index contributed by atoms with van der Waals surface area (Å²) in [7, 11) is 0. The van der Waals surface area contributed by atoms with Crippen molar-refractivity contribution in [1.82, 2.24) is 14.9 Å². The average Bonchev–Trinajstić information content (AvgIpc) is 2.78. The SMILES string of the molecule is CC(C)(CCC(=O)O)NC(=O)c1ccc2c(c1)[nH]c(=O)n2CC(F)(F)F. The third-order valence-corrected chi connectivity index (χ3v) is 3.79. The number of benzene rings is 1. The van der Waals surface area contributed by atoms with Crippen LogP contribution in [-0.2, 0) is 11.3 Å². The van der Waals surface area contributed by atoms with Crippen LogP contribution in [0.1, 0.15) is 37.0 Å². The molecule has 0 aliphatic carbocycles. The molecule has 26 heavy (non-hydrogen) atoms. The summed E-state index contributed by atoms with van der Waals surface area (Å²) in [5.41, 5.74) is -1.43. The quantitative estimate of drug-likeness (QED) is 0.722. The number of aromatic nitrogens is 2. The van der Waals surface area contributed by atoms with Gasteiger partial charge in [-0.2, -0.15) is 13.2 Å². The van der Waals surface area contributed by atoms with E-state index in [0.29, 0.717) is 4.57 Å². The number of halogens is 3. The maximum Gasteiger partial charge on any atom is 0.406 e. The molecule has 1 aromatic carbocycles. The van der Waals surface area contributed by atoms with Gasteiger partial charge in [0.1, 0.15) is 6.54 Å². The van der Waals surface area contributed by atoms with Crippen molar-refractivity contribution in [3.05, 3.63) is 34.2 Å². The van der Waals surface area contributed by atoms with Gasteiger partial charge < -0.3 is 15.4 Å². The van der Waals surface area contributed by atoms with Crippen LogP contribution in [0.2, 0.25) is 0 Å². The zero-order valence-corrected chi connectivity index (χ0v) is 14.1. The van der Waals surface area contributed by atoms with E-state index in [1.165, 1.54) is 18.2 Å². The summed E-state index contributed by atoms with van der Waals surface area (Å²) in [5, 5.41) is 11.4. The van der Waals surface area contributed by atoms with Crippen molar-refractivity contribution in [2.75, 3.05) is 0 Å². The van der Waals surface area contributed by atoms with Crippen LogP contribution < -0.4 is 11.0 Å². The molecule has 7 nitrogen and oxygen atoms in total. The Morgan fingerprint density at radius 3 is 2.50 bits per heavy atom. The molecular weight excluding hydrogens is 355 g/mol. The number of hydrogen-bond donors (Lipinski definition) is 3. The zero-order chi connectivity index (χ0) is 19.7. The molecule has 0 bridgehead atoms. The van der Waals surface area contributed by atoms with Crippen molar-refractivity contribution < 1.29 is 27.9 Å². The number of imidazole rings is 1. The van der Waals surface area contributed by atoms with E-state index in [-0.39, 0.29) is 29.4 Å². The minimum Gasteiger partial charge on any atom is -0.481 e. The second-order valence-electron chi connectivity index (χ2n) is 6.60. The highest BCUT2D eigenvalue weighted by molar-refractivity contribution is 5.97. The number of rotatable bonds is 6. The third kappa shape index (κ3) is 4.87. The maximum atomic E-state index is 12.6. The summed E-state index contributed by atoms with van der Waals surface area (Å²) in [6.07, 6.45) is -4.47. The Balaban J connectivity index is 2.25. The van der Waals surface area contributed by atoms with E-state index < -0.39 is 35.8 Å². The molecule has 10 heteroatoms. The largest absolute Gasteiger partial charge is 0.481 e. The lowest BCUT2D eigenvalue weighted by Gasteiger charge is -2.25. The number of fused-ring (bicyclic) bond motifs is 1. The number of H-pyrrole nitrogens is 1. The Hall–Kier alpha value is -2.78. The normalized spacial score (nSPS) is 12.3. The van der Waals surface area contributed by atoms with Crippen LogP contribution in [0.15, 0.2) is 23.0 Å². The number of amides is 1. The molecule has 0 saturated carbocycles. The fourth-order valence-electron chi connectivity index (χ4n) is 2.50. The topological polar surface area (TPSA) is 104 Å². The van der Waals surface area contributed by atoms with Crippen LogP contribution >= 0.6 is 0 Å². The molecular formula is C16H18F3N3O4. The van der Waals surface area contributed by atoms with Gasteiger partial charge in [-0.1, -0.05) is 0 Å². The molecule has 0 aliphatic heterocycles. The molecule has 0 unspecified atom stereocenters. The number of carbonyl (C=O) groups excluding carboxylic acids is 1. The summed E-state index contributed by atoms with van der Waals surface area (Å²) in [4.78, 5) is 37.0. The average molecular weight is 373 g/mol. The molecule has 0 spiro atoms. The van der Waals surface area contributed by atoms with Gasteiger partial charge >= 0.3 is 17.8 Å². The van der Waals surface area contributed by atoms with E-state index in [2.05, 4.69) is 10.3 Å². The molecule has 3 N–H and O–H groups in total. The van der Waals surface area contributed by atoms with E-state index in [1.807, 2.05) is 0 Å². The first-order chi connectivity index (χ1) is 11.9. The Morgan fingerprint density at radius 2 is 1.92 bits per heavy atom. The molecule has 142 valence electrons. The Labute approximate surface area is 145 Å². The lowest BCUT2D eigenvalue weighted by atomic mass is 9.97. The van der Waals surface area contributed by atoms with Crippen molar-refractivity contribution >= 4 is 22.9 Å². The number of aromatic amines is 1. The van der Waals surface area contributed by atoms with Crippen LogP contribution in [-0.4, -0.2) is 38.2 Å². The number of alkyl halides is 3. The van der Waals surface area contributed by atoms with E-state index in [1.54, 1.807) is 13.8 Å². The molecule has 1 aromatic heterocycles. The first kappa shape index (κ1) is 19.5. The molecule has 0 radical (unpaired) electrons. The highest BCUT2D eigenvalue weighted by atomic mass is 19.4. The summed E-state index contributed by atoms with van der Waals surface area (Å²) in [6.45, 7) is 1.89. The molecule has 2 rings (SSSR count). The van der Waals surface area contributed by atoms with Crippen LogP contribution in [0, 0.1) is 0 Å². The number of nitrogens with zero attached hydrogens (tertiary/aromatic N) is 1. The second kappa shape index (κ2) is 6.85. The fourth-order valence-corrected chi connectivity index (χ4v) is 2.50. The molecule has 1 heterocycles. The van der Waals surface area contributed by atoms with Gasteiger partial charge in [0.25, 0.3) is 5.91 Å². The summed E-state index contributed by atoms with van der Waals surface area (Å²) in [6, 6.07) is 3.86. The van der Waals surface area contributed by atoms with Gasteiger partial charge in [-0.25, -0.2) is 4.79 Å².